The van der Waals surface area contributed by atoms with Gasteiger partial charge in [0.2, 0.25) is 8.77 Å². The van der Waals surface area contributed by atoms with Crippen molar-refractivity contribution in [1.82, 2.24) is 29.1 Å². The predicted molar refractivity (Wildman–Crippen MR) is 374 cm³/mol. The molecule has 38 heteroatoms. The fourth-order valence-corrected chi connectivity index (χ4v) is 15.0. The SMILES string of the molecule is CC(CCC(=O)NCc1ccccc1)SSCCCCO.S=S=S=S.[2H]CC1OC(n2ccc(=O)[nH]c2=O)C(F)C1O.[2H]CC1OC(n2ccc(=O)[nH]c2=O)C(F)C1OP(OCCCCSSC(C)CCC(=O)CCc1ccccc1)N(C(C)C)C(C)C.[3H]OC.[3H]OC.[U].[U].[U].[U].[U].[U].[U]. The number of hydrogen-bond donors (Lipinski definition) is 7. The van der Waals surface area contributed by atoms with E-state index in [1.807, 2.05) is 114 Å². The van der Waals surface area contributed by atoms with E-state index in [-0.39, 0.29) is 256 Å². The number of aryl methyl sites for hydroxylation is 1. The number of alkyl halides is 2. The number of H-pyrrole nitrogens is 2. The Morgan fingerprint density at radius 2 is 1.15 bits per heavy atom. The van der Waals surface area contributed by atoms with Crippen LogP contribution in [0.3, 0.4) is 0 Å². The van der Waals surface area contributed by atoms with Gasteiger partial charge in [0.25, 0.3) is 19.6 Å². The summed E-state index contributed by atoms with van der Waals surface area (Å²) in [5.41, 5.74) is -0.461. The number of carbonyl (C=O) groups excluding carboxylic acids is 2. The van der Waals surface area contributed by atoms with E-state index in [9.17, 15) is 38.3 Å². The van der Waals surface area contributed by atoms with Gasteiger partial charge < -0.3 is 44.3 Å². The molecular weight excluding hydrogens is 3010 g/mol. The summed E-state index contributed by atoms with van der Waals surface area (Å²) in [6.07, 6.45) is -0.366. The van der Waals surface area contributed by atoms with Crippen molar-refractivity contribution in [3.63, 3.8) is 0 Å². The second kappa shape index (κ2) is 70.9. The molecular formula is C59H93F2N6O14PS8U7. The molecule has 2 saturated heterocycles. The molecule has 0 saturated carbocycles. The van der Waals surface area contributed by atoms with Crippen molar-refractivity contribution in [1.29, 1.82) is 2.86 Å². The zero-order valence-corrected chi connectivity index (χ0v) is 92.2. The Bertz CT molecular complexity index is 3020. The van der Waals surface area contributed by atoms with E-state index in [4.69, 9.17) is 29.2 Å². The quantitative estimate of drug-likeness (QED) is 0.0136. The van der Waals surface area contributed by atoms with Crippen molar-refractivity contribution in [2.75, 3.05) is 38.9 Å². The number of ketones is 1. The van der Waals surface area contributed by atoms with E-state index in [2.05, 4.69) is 73.5 Å². The molecule has 2 aromatic heterocycles. The van der Waals surface area contributed by atoms with Crippen molar-refractivity contribution in [3.05, 3.63) is 138 Å². The van der Waals surface area contributed by atoms with E-state index in [0.29, 0.717) is 48.7 Å². The van der Waals surface area contributed by atoms with Crippen LogP contribution in [0, 0.1) is 218 Å². The van der Waals surface area contributed by atoms with E-state index in [1.165, 1.54) is 43.7 Å². The minimum Gasteiger partial charge on any atom is -0.400 e. The van der Waals surface area contributed by atoms with Crippen LogP contribution in [0.4, 0.5) is 8.78 Å². The molecule has 11 atom stereocenters. The summed E-state index contributed by atoms with van der Waals surface area (Å²) < 4.78 is 83.2. The predicted octanol–water partition coefficient (Wildman–Crippen LogP) is 9.06. The normalized spacial score (nSPS) is 19.1. The Labute approximate surface area is 775 Å². The third-order valence-electron chi connectivity index (χ3n) is 12.7. The third-order valence-corrected chi connectivity index (χ3v) is 23.1. The molecule has 4 heterocycles. The molecule has 538 valence electrons. The standard InChI is InChI=1S/C32H49FN3O6PS2.C16H25NO2S2.C9H11FN2O4.2CH4O.S4.7U/c1-22(2)36(23(3)4)43(42-30-25(6)41-31(29(30)33)35-19-18-28(38)34-32(35)39)40-20-10-11-21-44-45-24(5)14-16-27(37)17-15-26-12-8-7-9-13-26;1-14(21-20-12-6-5-11-18)9-10-16(19)17-13-15-7-3-2-4-8-15;1-4-7(14)6(10)8(16-4)12-3-2-5(13)11-9(12)15;2*1-2;1-3-4-2;;;;;;;/h7-9,12-13,18-19,22-25,29-31H,10-11,14-17,20-21H2,1-6H3,(H,34,38,39);2-4,7-8,14,18H,5-6,9-13H2,1H3,(H,17,19);2-4,6-8,14H,1H3,(H,11,13,15);2*2H,1H3;;;;;;;;/i6D;;1D;2*2T;;;;;;;;. The zero-order valence-electron chi connectivity index (χ0n) is 59.6. The van der Waals surface area contributed by atoms with Gasteiger partial charge in [-0.25, -0.2) is 23.0 Å². The summed E-state index contributed by atoms with van der Waals surface area (Å²) >= 11 is 8.66. The molecule has 20 nitrogen and oxygen atoms in total. The van der Waals surface area contributed by atoms with Gasteiger partial charge in [0, 0.05) is 366 Å². The number of rotatable bonds is 32. The molecule has 4 aromatic rings. The number of aromatic nitrogens is 4. The number of carbonyl (C=O) groups is 2. The maximum absolute atomic E-state index is 15.8. The largest absolute Gasteiger partial charge is 0.400 e. The maximum atomic E-state index is 15.8. The van der Waals surface area contributed by atoms with Crippen LogP contribution in [0.15, 0.2) is 104 Å². The summed E-state index contributed by atoms with van der Waals surface area (Å²) in [6.45, 7) is 13.2. The molecule has 0 radical (unpaired) electrons. The number of Topliss-reactive ketones (excluding diaryl/α,β-unsaturated/α-hetero) is 1. The number of nitrogens with zero attached hydrogens (tertiary/aromatic N) is 3. The van der Waals surface area contributed by atoms with Gasteiger partial charge in [0.15, 0.2) is 24.8 Å². The van der Waals surface area contributed by atoms with Crippen molar-refractivity contribution < 1.29 is 278 Å². The fraction of sp³-hybridized carbons (Fsp3) is 0.627. The van der Waals surface area contributed by atoms with Gasteiger partial charge in [-0.1, -0.05) is 118 Å². The first kappa shape index (κ1) is 106. The van der Waals surface area contributed by atoms with E-state index < -0.39 is 80.2 Å². The number of unbranched alkanes of at least 4 members (excludes halogenated alkanes) is 2. The number of hydrogen-bond acceptors (Lipinski definition) is 21. The Kier molecular flexibility index (Phi) is 77.2. The first-order valence-electron chi connectivity index (χ1n) is 31.2. The van der Waals surface area contributed by atoms with Gasteiger partial charge in [-0.2, -0.15) is 0 Å². The molecule has 97 heavy (non-hydrogen) atoms. The van der Waals surface area contributed by atoms with Gasteiger partial charge in [0.1, 0.15) is 18.0 Å². The molecule has 2 fully saturated rings. The summed E-state index contributed by atoms with van der Waals surface area (Å²) in [4.78, 5) is 74.3. The third kappa shape index (κ3) is 49.4. The van der Waals surface area contributed by atoms with Crippen LogP contribution in [-0.4, -0.2) is 157 Å². The van der Waals surface area contributed by atoms with Crippen LogP contribution in [-0.2, 0) is 81.2 Å². The van der Waals surface area contributed by atoms with Crippen LogP contribution in [0.1, 0.15) is 139 Å². The van der Waals surface area contributed by atoms with E-state index >= 15 is 4.39 Å². The number of aromatic amines is 2. The zero-order chi connectivity index (χ0) is 70.4. The minimum atomic E-state index is -1.81. The van der Waals surface area contributed by atoms with E-state index in [0.717, 1.165) is 89.5 Å². The number of amides is 1. The number of aliphatic hydroxyl groups excluding tert-OH is 4. The van der Waals surface area contributed by atoms with Gasteiger partial charge in [-0.05, 0) is 97.6 Å². The number of nitrogens with one attached hydrogen (secondary N) is 3. The molecule has 2 aromatic carbocycles. The number of benzene rings is 2. The number of aliphatic hydroxyl groups is 4. The topological polar surface area (TPSA) is 277 Å². The average Bonchev–Trinajstić information content (AvgIpc) is 1.67. The van der Waals surface area contributed by atoms with Gasteiger partial charge in [0.05, 0.1) is 18.8 Å². The second-order valence-corrected chi connectivity index (χ2v) is 31.1. The molecule has 2 aliphatic rings. The first-order chi connectivity index (χ1) is 45.0. The fourth-order valence-electron chi connectivity index (χ4n) is 8.20. The molecule has 0 aliphatic carbocycles. The Balaban J connectivity index is -0.000000267. The summed E-state index contributed by atoms with van der Waals surface area (Å²) in [5, 5.41) is 28.9. The van der Waals surface area contributed by atoms with Crippen molar-refractivity contribution in [2.24, 2.45) is 0 Å². The van der Waals surface area contributed by atoms with Gasteiger partial charge >= 0.3 is 11.4 Å². The second-order valence-electron chi connectivity index (χ2n) is 20.3. The summed E-state index contributed by atoms with van der Waals surface area (Å²) in [7, 11) is 10.5. The monoisotopic (exact) mass is 3110 g/mol. The molecule has 0 spiro atoms. The Morgan fingerprint density at radius 1 is 0.701 bits per heavy atom. The Hall–Kier alpha value is 4.51. The molecule has 11 unspecified atom stereocenters. The van der Waals surface area contributed by atoms with Crippen LogP contribution in [0.5, 0.6) is 0 Å². The van der Waals surface area contributed by atoms with Crippen molar-refractivity contribution in [3.8, 4) is 0 Å². The number of halogens is 2. The molecule has 0 bridgehead atoms. The van der Waals surface area contributed by atoms with Crippen molar-refractivity contribution in [2.45, 2.75) is 198 Å². The van der Waals surface area contributed by atoms with Crippen LogP contribution < -0.4 is 27.8 Å². The molecule has 6 rings (SSSR count). The first-order valence-corrected chi connectivity index (χ1v) is 38.9. The Morgan fingerprint density at radius 3 is 1.60 bits per heavy atom. The smallest absolute Gasteiger partial charge is 0.330 e. The van der Waals surface area contributed by atoms with Gasteiger partial charge in [-0.15, -0.1) is 0 Å². The van der Waals surface area contributed by atoms with Gasteiger partial charge in [-0.3, -0.25) is 38.3 Å². The van der Waals surface area contributed by atoms with Crippen LogP contribution >= 0.6 is 51.7 Å². The van der Waals surface area contributed by atoms with Crippen LogP contribution in [0.2, 0.25) is 0 Å². The minimum absolute atomic E-state index is 0. The van der Waals surface area contributed by atoms with E-state index in [1.54, 1.807) is 10.8 Å². The summed E-state index contributed by atoms with van der Waals surface area (Å²) in [6, 6.07) is 22.4. The number of ether oxygens (including phenoxy) is 2. The molecule has 7 N–H and O–H groups in total. The van der Waals surface area contributed by atoms with Crippen LogP contribution in [0.25, 0.3) is 0 Å². The van der Waals surface area contributed by atoms with Crippen molar-refractivity contribution >= 4 is 104 Å². The molecule has 1 amide bonds. The molecule has 2 aliphatic heterocycles. The average molecular weight is 3110 g/mol. The summed E-state index contributed by atoms with van der Waals surface area (Å²) in [5.74, 6) is 2.44. The maximum Gasteiger partial charge on any atom is 0.330 e.